The van der Waals surface area contributed by atoms with E-state index in [0.29, 0.717) is 12.5 Å². The van der Waals surface area contributed by atoms with Gasteiger partial charge >= 0.3 is 0 Å². The van der Waals surface area contributed by atoms with Crippen LogP contribution in [0.15, 0.2) is 60.0 Å². The van der Waals surface area contributed by atoms with E-state index < -0.39 is 0 Å². The number of piperidine rings is 1. The summed E-state index contributed by atoms with van der Waals surface area (Å²) in [5.41, 5.74) is 7.47. The average Bonchev–Trinajstić information content (AvgIpc) is 3.21. The van der Waals surface area contributed by atoms with E-state index in [1.807, 2.05) is 23.0 Å². The largest absolute Gasteiger partial charge is 0.366 e. The summed E-state index contributed by atoms with van der Waals surface area (Å²) in [7, 11) is 4.31. The van der Waals surface area contributed by atoms with Crippen molar-refractivity contribution in [2.75, 3.05) is 25.0 Å². The van der Waals surface area contributed by atoms with Crippen molar-refractivity contribution >= 4 is 32.6 Å². The highest BCUT2D eigenvalue weighted by Crippen LogP contribution is 2.30. The molecule has 0 unspecified atom stereocenters. The minimum absolute atomic E-state index is 0.493. The fourth-order valence-electron chi connectivity index (χ4n) is 4.71. The predicted octanol–water partition coefficient (Wildman–Crippen LogP) is 1.41. The Bertz CT molecular complexity index is 1150. The van der Waals surface area contributed by atoms with Crippen LogP contribution in [0.3, 0.4) is 0 Å². The summed E-state index contributed by atoms with van der Waals surface area (Å²) in [4.78, 5) is 11.9. The molecule has 2 aliphatic rings. The van der Waals surface area contributed by atoms with Crippen LogP contribution in [0.25, 0.3) is 5.65 Å². The normalized spacial score (nSPS) is 17.9. The second kappa shape index (κ2) is 9.33. The highest BCUT2D eigenvalue weighted by molar-refractivity contribution is 6.36. The molecule has 1 aliphatic carbocycles. The maximum atomic E-state index is 5.03. The maximum absolute atomic E-state index is 5.03. The minimum Gasteiger partial charge on any atom is -0.366 e. The van der Waals surface area contributed by atoms with E-state index in [1.165, 1.54) is 24.0 Å². The van der Waals surface area contributed by atoms with Gasteiger partial charge in [0.15, 0.2) is 5.65 Å². The Labute approximate surface area is 191 Å². The molecule has 32 heavy (non-hydrogen) atoms. The predicted molar refractivity (Wildman–Crippen MR) is 135 cm³/mol. The number of nitrogens with zero attached hydrogens (tertiary/aromatic N) is 5. The molecule has 162 valence electrons. The molecular formula is C24H30B2N6. The molecule has 0 amide bonds. The monoisotopic (exact) mass is 424 g/mol. The van der Waals surface area contributed by atoms with Gasteiger partial charge in [-0.25, -0.2) is 4.98 Å². The first-order valence-corrected chi connectivity index (χ1v) is 11.7. The molecule has 0 radical (unpaired) electrons. The van der Waals surface area contributed by atoms with Crippen LogP contribution < -0.4 is 10.8 Å². The van der Waals surface area contributed by atoms with Crippen LogP contribution in [0, 0.1) is 0 Å². The van der Waals surface area contributed by atoms with E-state index in [-0.39, 0.29) is 0 Å². The van der Waals surface area contributed by atoms with Gasteiger partial charge in [-0.05, 0) is 55.9 Å². The van der Waals surface area contributed by atoms with Crippen molar-refractivity contribution in [1.82, 2.24) is 24.5 Å². The number of likely N-dealkylation sites (tertiary alicyclic amines) is 1. The molecule has 0 bridgehead atoms. The molecule has 1 fully saturated rings. The van der Waals surface area contributed by atoms with Crippen LogP contribution in [0.4, 0.5) is 5.82 Å². The number of hydrogen-bond donors (Lipinski definition) is 1. The van der Waals surface area contributed by atoms with E-state index >= 15 is 0 Å². The number of hydrogen-bond acceptors (Lipinski definition) is 5. The average molecular weight is 424 g/mol. The van der Waals surface area contributed by atoms with Crippen molar-refractivity contribution in [3.63, 3.8) is 0 Å². The smallest absolute Gasteiger partial charge is 0.151 e. The molecule has 8 heteroatoms. The molecule has 4 heterocycles. The van der Waals surface area contributed by atoms with Crippen LogP contribution in [0.2, 0.25) is 0 Å². The van der Waals surface area contributed by atoms with Crippen molar-refractivity contribution in [3.05, 3.63) is 71.2 Å². The van der Waals surface area contributed by atoms with Crippen molar-refractivity contribution in [1.29, 1.82) is 0 Å². The third-order valence-corrected chi connectivity index (χ3v) is 6.74. The second-order valence-corrected chi connectivity index (χ2v) is 9.23. The summed E-state index contributed by atoms with van der Waals surface area (Å²) < 4.78 is 1.93. The standard InChI is InChI=1S/C24H30B2N6/c25-20-5-3-17(4-6-20)16-31-10-7-19(8-11-31)22-12-23(28-14-18-2-1-9-27-13-18)32-24(30-22)21(26)15-29-32/h1-3,5,9,12-13,15,19,28H,4,6-8,10-11,14,16,25-26H2. The fourth-order valence-corrected chi connectivity index (χ4v) is 4.71. The molecule has 1 aliphatic heterocycles. The van der Waals surface area contributed by atoms with Gasteiger partial charge in [0.05, 0.1) is 0 Å². The van der Waals surface area contributed by atoms with Crippen molar-refractivity contribution < 1.29 is 0 Å². The van der Waals surface area contributed by atoms with Gasteiger partial charge in [0.1, 0.15) is 21.5 Å². The van der Waals surface area contributed by atoms with E-state index in [9.17, 15) is 0 Å². The van der Waals surface area contributed by atoms with E-state index in [4.69, 9.17) is 4.98 Å². The number of anilines is 1. The zero-order chi connectivity index (χ0) is 21.9. The summed E-state index contributed by atoms with van der Waals surface area (Å²) in [6.45, 7) is 4.10. The molecule has 1 N–H and O–H groups in total. The first-order chi connectivity index (χ1) is 15.7. The molecule has 0 saturated carbocycles. The molecule has 0 atom stereocenters. The zero-order valence-electron chi connectivity index (χ0n) is 19.1. The summed E-state index contributed by atoms with van der Waals surface area (Å²) in [6.07, 6.45) is 15.0. The lowest BCUT2D eigenvalue weighted by Gasteiger charge is -2.33. The van der Waals surface area contributed by atoms with Crippen LogP contribution in [0.5, 0.6) is 0 Å². The van der Waals surface area contributed by atoms with Crippen LogP contribution in [-0.4, -0.2) is 59.8 Å². The van der Waals surface area contributed by atoms with Crippen molar-refractivity contribution in [2.24, 2.45) is 0 Å². The molecule has 3 aromatic rings. The van der Waals surface area contributed by atoms with E-state index in [1.54, 1.807) is 11.8 Å². The summed E-state index contributed by atoms with van der Waals surface area (Å²) in [6, 6.07) is 6.26. The minimum atomic E-state index is 0.493. The molecule has 0 spiro atoms. The quantitative estimate of drug-likeness (QED) is 0.607. The highest BCUT2D eigenvalue weighted by atomic mass is 15.3. The topological polar surface area (TPSA) is 58.4 Å². The van der Waals surface area contributed by atoms with Gasteiger partial charge in [0, 0.05) is 49.4 Å². The van der Waals surface area contributed by atoms with Gasteiger partial charge < -0.3 is 5.32 Å². The van der Waals surface area contributed by atoms with Crippen LogP contribution >= 0.6 is 0 Å². The Balaban J connectivity index is 1.29. The van der Waals surface area contributed by atoms with Crippen molar-refractivity contribution in [3.8, 4) is 0 Å². The number of pyridine rings is 1. The number of aromatic nitrogens is 4. The maximum Gasteiger partial charge on any atom is 0.151 e. The SMILES string of the molecule is BC1=CC=C(CN2CCC(c3cc(NCc4cccnc4)n4ncc(B)c4n3)CC2)CC1. The molecule has 5 rings (SSSR count). The van der Waals surface area contributed by atoms with E-state index in [0.717, 1.165) is 55.0 Å². The Hall–Kier alpha value is -2.86. The van der Waals surface area contributed by atoms with Crippen LogP contribution in [0.1, 0.15) is 42.9 Å². The van der Waals surface area contributed by atoms with Gasteiger partial charge in [-0.3, -0.25) is 9.88 Å². The fraction of sp³-hybridized carbons (Fsp3) is 0.375. The highest BCUT2D eigenvalue weighted by Gasteiger charge is 2.24. The molecule has 0 aromatic carbocycles. The third kappa shape index (κ3) is 4.65. The van der Waals surface area contributed by atoms with Gasteiger partial charge in [-0.2, -0.15) is 9.61 Å². The lowest BCUT2D eigenvalue weighted by Crippen LogP contribution is -2.35. The zero-order valence-corrected chi connectivity index (χ0v) is 19.1. The second-order valence-electron chi connectivity index (χ2n) is 9.23. The lowest BCUT2D eigenvalue weighted by atomic mass is 9.85. The third-order valence-electron chi connectivity index (χ3n) is 6.74. The van der Waals surface area contributed by atoms with Gasteiger partial charge in [0.2, 0.25) is 0 Å². The Kier molecular flexibility index (Phi) is 6.12. The molecule has 3 aromatic heterocycles. The lowest BCUT2D eigenvalue weighted by molar-refractivity contribution is 0.225. The summed E-state index contributed by atoms with van der Waals surface area (Å²) >= 11 is 0. The summed E-state index contributed by atoms with van der Waals surface area (Å²) in [5.74, 6) is 1.49. The Morgan fingerprint density at radius 3 is 2.72 bits per heavy atom. The molecule has 1 saturated heterocycles. The molecule has 6 nitrogen and oxygen atoms in total. The van der Waals surface area contributed by atoms with Gasteiger partial charge in [0.25, 0.3) is 0 Å². The number of fused-ring (bicyclic) bond motifs is 1. The number of nitrogens with one attached hydrogen (secondary N) is 1. The molecular weight excluding hydrogens is 394 g/mol. The van der Waals surface area contributed by atoms with E-state index in [2.05, 4.69) is 60.3 Å². The number of allylic oxidation sites excluding steroid dienone is 3. The Morgan fingerprint density at radius 2 is 1.97 bits per heavy atom. The number of rotatable bonds is 6. The Morgan fingerprint density at radius 1 is 1.09 bits per heavy atom. The summed E-state index contributed by atoms with van der Waals surface area (Å²) in [5, 5.41) is 8.12. The van der Waals surface area contributed by atoms with Gasteiger partial charge in [-0.1, -0.05) is 23.8 Å². The first kappa shape index (κ1) is 21.0. The van der Waals surface area contributed by atoms with Crippen LogP contribution in [-0.2, 0) is 6.54 Å². The van der Waals surface area contributed by atoms with Crippen molar-refractivity contribution in [2.45, 2.75) is 38.1 Å². The first-order valence-electron chi connectivity index (χ1n) is 11.7. The van der Waals surface area contributed by atoms with Gasteiger partial charge in [-0.15, -0.1) is 5.47 Å².